The summed E-state index contributed by atoms with van der Waals surface area (Å²) in [6.07, 6.45) is 6.36. The monoisotopic (exact) mass is 247 g/mol. The molecular weight excluding hydrogens is 234 g/mol. The van der Waals surface area contributed by atoms with Crippen molar-refractivity contribution in [2.75, 3.05) is 11.9 Å². The number of aromatic nitrogens is 4. The van der Waals surface area contributed by atoms with Gasteiger partial charge in [-0.05, 0) is 12.5 Å². The molecule has 0 bridgehead atoms. The molecule has 2 rings (SSSR count). The van der Waals surface area contributed by atoms with Crippen molar-refractivity contribution in [2.24, 2.45) is 0 Å². The van der Waals surface area contributed by atoms with Gasteiger partial charge in [-0.15, -0.1) is 0 Å². The molecule has 0 unspecified atom stereocenters. The first kappa shape index (κ1) is 12.0. The molecule has 0 spiro atoms. The van der Waals surface area contributed by atoms with Gasteiger partial charge in [-0.1, -0.05) is 0 Å². The van der Waals surface area contributed by atoms with E-state index < -0.39 is 5.97 Å². The van der Waals surface area contributed by atoms with Crippen LogP contribution in [0.4, 0.5) is 5.82 Å². The second-order valence-electron chi connectivity index (χ2n) is 3.80. The van der Waals surface area contributed by atoms with Crippen molar-refractivity contribution in [1.29, 1.82) is 0 Å². The SMILES string of the molecule is Cc1cnn(CCNc2cnc(C(=O)O)cn2)c1. The minimum Gasteiger partial charge on any atom is -0.476 e. The van der Waals surface area contributed by atoms with Crippen molar-refractivity contribution < 1.29 is 9.90 Å². The van der Waals surface area contributed by atoms with E-state index in [9.17, 15) is 4.79 Å². The van der Waals surface area contributed by atoms with Crippen LogP contribution in [0.3, 0.4) is 0 Å². The molecule has 0 saturated heterocycles. The van der Waals surface area contributed by atoms with Gasteiger partial charge in [-0.3, -0.25) is 4.68 Å². The lowest BCUT2D eigenvalue weighted by molar-refractivity contribution is 0.0690. The number of aromatic carboxylic acids is 1. The topological polar surface area (TPSA) is 92.9 Å². The number of carbonyl (C=O) groups is 1. The van der Waals surface area contributed by atoms with Crippen LogP contribution in [-0.2, 0) is 6.54 Å². The maximum atomic E-state index is 10.6. The molecule has 94 valence electrons. The standard InChI is InChI=1S/C11H13N5O2/c1-8-4-15-16(7-8)3-2-12-10-6-13-9(5-14-10)11(17)18/h4-7H,2-3H2,1H3,(H,12,14)(H,17,18). The fraction of sp³-hybridized carbons (Fsp3) is 0.273. The Bertz CT molecular complexity index is 535. The first-order chi connectivity index (χ1) is 8.65. The lowest BCUT2D eigenvalue weighted by Crippen LogP contribution is -2.12. The second-order valence-corrected chi connectivity index (χ2v) is 3.80. The summed E-state index contributed by atoms with van der Waals surface area (Å²) < 4.78 is 1.82. The Morgan fingerprint density at radius 3 is 2.78 bits per heavy atom. The molecule has 0 radical (unpaired) electrons. The number of aryl methyl sites for hydroxylation is 1. The van der Waals surface area contributed by atoms with Gasteiger partial charge >= 0.3 is 5.97 Å². The van der Waals surface area contributed by atoms with E-state index in [-0.39, 0.29) is 5.69 Å². The summed E-state index contributed by atoms with van der Waals surface area (Å²) in [7, 11) is 0. The summed E-state index contributed by atoms with van der Waals surface area (Å²) >= 11 is 0. The van der Waals surface area contributed by atoms with E-state index in [4.69, 9.17) is 5.11 Å². The number of hydrogen-bond acceptors (Lipinski definition) is 5. The van der Waals surface area contributed by atoms with E-state index in [1.54, 1.807) is 6.20 Å². The Morgan fingerprint density at radius 2 is 2.22 bits per heavy atom. The lowest BCUT2D eigenvalue weighted by Gasteiger charge is -2.05. The van der Waals surface area contributed by atoms with E-state index in [0.29, 0.717) is 18.9 Å². The normalized spacial score (nSPS) is 10.3. The predicted molar refractivity (Wildman–Crippen MR) is 64.4 cm³/mol. The summed E-state index contributed by atoms with van der Waals surface area (Å²) in [5.74, 6) is -0.537. The largest absolute Gasteiger partial charge is 0.476 e. The van der Waals surface area contributed by atoms with Gasteiger partial charge in [-0.2, -0.15) is 5.10 Å². The summed E-state index contributed by atoms with van der Waals surface area (Å²) in [4.78, 5) is 18.3. The number of anilines is 1. The van der Waals surface area contributed by atoms with Crippen LogP contribution in [0, 0.1) is 6.92 Å². The van der Waals surface area contributed by atoms with E-state index in [1.807, 2.05) is 17.8 Å². The molecule has 2 aromatic rings. The van der Waals surface area contributed by atoms with Crippen LogP contribution in [0.1, 0.15) is 16.1 Å². The van der Waals surface area contributed by atoms with E-state index >= 15 is 0 Å². The first-order valence-corrected chi connectivity index (χ1v) is 5.43. The fourth-order valence-corrected chi connectivity index (χ4v) is 1.42. The smallest absolute Gasteiger partial charge is 0.356 e. The number of rotatable bonds is 5. The van der Waals surface area contributed by atoms with Crippen LogP contribution in [0.2, 0.25) is 0 Å². The Balaban J connectivity index is 1.85. The summed E-state index contributed by atoms with van der Waals surface area (Å²) in [6, 6.07) is 0. The number of carboxylic acids is 1. The van der Waals surface area contributed by atoms with Crippen molar-refractivity contribution in [1.82, 2.24) is 19.7 Å². The molecule has 0 atom stereocenters. The zero-order chi connectivity index (χ0) is 13.0. The Morgan fingerprint density at radius 1 is 1.39 bits per heavy atom. The Labute approximate surface area is 104 Å². The highest BCUT2D eigenvalue weighted by Gasteiger charge is 2.04. The first-order valence-electron chi connectivity index (χ1n) is 5.43. The van der Waals surface area contributed by atoms with Crippen molar-refractivity contribution in [3.05, 3.63) is 36.0 Å². The molecule has 7 heteroatoms. The van der Waals surface area contributed by atoms with Crippen LogP contribution in [0.15, 0.2) is 24.8 Å². The maximum absolute atomic E-state index is 10.6. The average Bonchev–Trinajstić information content (AvgIpc) is 2.76. The van der Waals surface area contributed by atoms with Crippen molar-refractivity contribution >= 4 is 11.8 Å². The van der Waals surface area contributed by atoms with Crippen LogP contribution in [-0.4, -0.2) is 37.4 Å². The molecule has 0 aliphatic heterocycles. The summed E-state index contributed by atoms with van der Waals surface area (Å²) in [6.45, 7) is 3.32. The number of nitrogens with zero attached hydrogens (tertiary/aromatic N) is 4. The third-order valence-corrected chi connectivity index (χ3v) is 2.28. The van der Waals surface area contributed by atoms with Gasteiger partial charge in [0.05, 0.1) is 25.1 Å². The molecule has 0 aliphatic rings. The van der Waals surface area contributed by atoms with Gasteiger partial charge in [0, 0.05) is 12.7 Å². The summed E-state index contributed by atoms with van der Waals surface area (Å²) in [5, 5.41) is 15.9. The number of carboxylic acid groups (broad SMARTS) is 1. The zero-order valence-electron chi connectivity index (χ0n) is 9.87. The third-order valence-electron chi connectivity index (χ3n) is 2.28. The number of nitrogens with one attached hydrogen (secondary N) is 1. The molecule has 0 aromatic carbocycles. The van der Waals surface area contributed by atoms with Crippen LogP contribution in [0.5, 0.6) is 0 Å². The number of hydrogen-bond donors (Lipinski definition) is 2. The molecular formula is C11H13N5O2. The van der Waals surface area contributed by atoms with Gasteiger partial charge < -0.3 is 10.4 Å². The molecule has 0 aliphatic carbocycles. The fourth-order valence-electron chi connectivity index (χ4n) is 1.42. The molecule has 0 fully saturated rings. The van der Waals surface area contributed by atoms with E-state index in [2.05, 4.69) is 20.4 Å². The highest BCUT2D eigenvalue weighted by Crippen LogP contribution is 2.01. The summed E-state index contributed by atoms with van der Waals surface area (Å²) in [5.41, 5.74) is 1.05. The van der Waals surface area contributed by atoms with Crippen molar-refractivity contribution in [3.8, 4) is 0 Å². The zero-order valence-corrected chi connectivity index (χ0v) is 9.87. The Kier molecular flexibility index (Phi) is 3.52. The van der Waals surface area contributed by atoms with Crippen LogP contribution in [0.25, 0.3) is 0 Å². The molecule has 7 nitrogen and oxygen atoms in total. The van der Waals surface area contributed by atoms with Gasteiger partial charge in [0.15, 0.2) is 5.69 Å². The molecule has 2 heterocycles. The van der Waals surface area contributed by atoms with Gasteiger partial charge in [0.25, 0.3) is 0 Å². The highest BCUT2D eigenvalue weighted by atomic mass is 16.4. The lowest BCUT2D eigenvalue weighted by atomic mass is 10.4. The highest BCUT2D eigenvalue weighted by molar-refractivity contribution is 5.84. The molecule has 0 amide bonds. The van der Waals surface area contributed by atoms with Crippen LogP contribution < -0.4 is 5.32 Å². The quantitative estimate of drug-likeness (QED) is 0.811. The van der Waals surface area contributed by atoms with E-state index in [0.717, 1.165) is 5.56 Å². The van der Waals surface area contributed by atoms with Gasteiger partial charge in [0.2, 0.25) is 0 Å². The molecule has 2 aromatic heterocycles. The van der Waals surface area contributed by atoms with Crippen LogP contribution >= 0.6 is 0 Å². The second kappa shape index (κ2) is 5.26. The molecule has 0 saturated carbocycles. The molecule has 18 heavy (non-hydrogen) atoms. The maximum Gasteiger partial charge on any atom is 0.356 e. The minimum absolute atomic E-state index is 0.0664. The average molecular weight is 247 g/mol. The van der Waals surface area contributed by atoms with Gasteiger partial charge in [-0.25, -0.2) is 14.8 Å². The Hall–Kier alpha value is -2.44. The van der Waals surface area contributed by atoms with Crippen molar-refractivity contribution in [3.63, 3.8) is 0 Å². The van der Waals surface area contributed by atoms with Crippen molar-refractivity contribution in [2.45, 2.75) is 13.5 Å². The minimum atomic E-state index is -1.08. The third kappa shape index (κ3) is 3.03. The molecule has 2 N–H and O–H groups in total. The predicted octanol–water partition coefficient (Wildman–Crippen LogP) is 0.792. The van der Waals surface area contributed by atoms with E-state index in [1.165, 1.54) is 12.4 Å². The van der Waals surface area contributed by atoms with Gasteiger partial charge in [0.1, 0.15) is 5.82 Å².